The highest BCUT2D eigenvalue weighted by molar-refractivity contribution is 5.66. The van der Waals surface area contributed by atoms with E-state index >= 15 is 0 Å². The quantitative estimate of drug-likeness (QED) is 0.433. The Labute approximate surface area is 207 Å². The van der Waals surface area contributed by atoms with Crippen molar-refractivity contribution >= 4 is 5.69 Å². The largest absolute Gasteiger partial charge is 0.358 e. The van der Waals surface area contributed by atoms with Crippen LogP contribution in [0.5, 0.6) is 0 Å². The second kappa shape index (κ2) is 8.96. The summed E-state index contributed by atoms with van der Waals surface area (Å²) in [6, 6.07) is 0.0193. The van der Waals surface area contributed by atoms with Gasteiger partial charge in [-0.3, -0.25) is 0 Å². The first-order valence-electron chi connectivity index (χ1n) is 15.5. The molecule has 0 N–H and O–H groups in total. The number of halogens is 1. The summed E-state index contributed by atoms with van der Waals surface area (Å²) in [6.07, 6.45) is -4.13. The summed E-state index contributed by atoms with van der Waals surface area (Å²) >= 11 is 0. The molecule has 3 atom stereocenters. The molecule has 0 saturated carbocycles. The summed E-state index contributed by atoms with van der Waals surface area (Å²) in [5, 5.41) is 0. The standard InChI is InChI=1S/C28H37FN2O/c1-16(2)31(10)15-17(3)14-28(23-11-12-25(29)20(6)19(23)5)24-13-18(4)27(30-9)21(7)26(24)22(8)32-28/h11-13,16-17,22H,14-15H2,1-8,10H3/t17?,22?,28-/m0/s1/i10D3,13D,14D2,15D2,16D,17D. The number of nitrogens with zero attached hydrogens (tertiary/aromatic N) is 2. The maximum Gasteiger partial charge on any atom is 0.193 e. The highest BCUT2D eigenvalue weighted by Crippen LogP contribution is 2.54. The van der Waals surface area contributed by atoms with Gasteiger partial charge in [0, 0.05) is 24.9 Å². The van der Waals surface area contributed by atoms with Crippen molar-refractivity contribution < 1.29 is 22.8 Å². The van der Waals surface area contributed by atoms with Crippen LogP contribution < -0.4 is 0 Å². The van der Waals surface area contributed by atoms with Crippen molar-refractivity contribution in [3.05, 3.63) is 74.4 Å². The number of benzene rings is 2. The fourth-order valence-electron chi connectivity index (χ4n) is 4.34. The molecule has 0 spiro atoms. The van der Waals surface area contributed by atoms with Crippen LogP contribution in [0.25, 0.3) is 4.85 Å². The summed E-state index contributed by atoms with van der Waals surface area (Å²) < 4.78 is 110. The number of rotatable bonds is 6. The Morgan fingerprint density at radius 2 is 1.94 bits per heavy atom. The zero-order chi connectivity index (χ0) is 32.8. The third-order valence-corrected chi connectivity index (χ3v) is 6.11. The maximum atomic E-state index is 14.7. The van der Waals surface area contributed by atoms with Gasteiger partial charge in [-0.15, -0.1) is 0 Å². The topological polar surface area (TPSA) is 16.8 Å². The first kappa shape index (κ1) is 14.1. The summed E-state index contributed by atoms with van der Waals surface area (Å²) in [6.45, 7) is 12.1. The molecule has 0 aromatic heterocycles. The Hall–Kier alpha value is -2.22. The van der Waals surface area contributed by atoms with E-state index in [0.29, 0.717) is 11.1 Å². The number of fused-ring (bicyclic) bond motifs is 1. The van der Waals surface area contributed by atoms with Crippen molar-refractivity contribution in [2.45, 2.75) is 79.5 Å². The van der Waals surface area contributed by atoms with Gasteiger partial charge in [-0.05, 0) is 113 Å². The van der Waals surface area contributed by atoms with Gasteiger partial charge in [0.2, 0.25) is 0 Å². The van der Waals surface area contributed by atoms with Gasteiger partial charge >= 0.3 is 0 Å². The highest BCUT2D eigenvalue weighted by Gasteiger charge is 2.48. The van der Waals surface area contributed by atoms with E-state index in [1.165, 1.54) is 26.8 Å². The molecule has 0 radical (unpaired) electrons. The minimum absolute atomic E-state index is 0.0312. The minimum Gasteiger partial charge on any atom is -0.358 e. The normalized spacial score (nSPS) is 28.3. The van der Waals surface area contributed by atoms with E-state index in [-0.39, 0.29) is 44.4 Å². The summed E-state index contributed by atoms with van der Waals surface area (Å²) in [4.78, 5) is 3.77. The second-order valence-electron chi connectivity index (χ2n) is 8.55. The fourth-order valence-corrected chi connectivity index (χ4v) is 4.34. The molecular weight excluding hydrogens is 399 g/mol. The van der Waals surface area contributed by atoms with Crippen LogP contribution in [-0.2, 0) is 10.3 Å². The molecule has 32 heavy (non-hydrogen) atoms. The fraction of sp³-hybridized carbons (Fsp3) is 0.536. The van der Waals surface area contributed by atoms with E-state index < -0.39 is 49.3 Å². The third kappa shape index (κ3) is 3.98. The number of hydrogen-bond acceptors (Lipinski definition) is 2. The van der Waals surface area contributed by atoms with Gasteiger partial charge < -0.3 is 9.64 Å². The lowest BCUT2D eigenvalue weighted by molar-refractivity contribution is -0.0568. The average Bonchev–Trinajstić information content (AvgIpc) is 3.13. The predicted octanol–water partition coefficient (Wildman–Crippen LogP) is 7.31. The van der Waals surface area contributed by atoms with Crippen molar-refractivity contribution in [2.75, 3.05) is 13.5 Å². The van der Waals surface area contributed by atoms with Crippen LogP contribution in [0.3, 0.4) is 0 Å². The lowest BCUT2D eigenvalue weighted by Crippen LogP contribution is -2.36. The van der Waals surface area contributed by atoms with Crippen LogP contribution in [0.2, 0.25) is 0 Å². The molecule has 0 bridgehead atoms. The summed E-state index contributed by atoms with van der Waals surface area (Å²) in [5.41, 5.74) is -0.853. The molecule has 1 heterocycles. The van der Waals surface area contributed by atoms with Crippen LogP contribution in [0.4, 0.5) is 10.1 Å². The van der Waals surface area contributed by atoms with Crippen molar-refractivity contribution in [3.63, 3.8) is 0 Å². The monoisotopic (exact) mass is 446 g/mol. The van der Waals surface area contributed by atoms with Crippen molar-refractivity contribution in [1.29, 1.82) is 0 Å². The maximum absolute atomic E-state index is 14.7. The first-order chi connectivity index (χ1) is 18.8. The molecule has 0 amide bonds. The Morgan fingerprint density at radius 3 is 2.53 bits per heavy atom. The molecule has 172 valence electrons. The van der Waals surface area contributed by atoms with E-state index in [9.17, 15) is 8.50 Å². The van der Waals surface area contributed by atoms with Gasteiger partial charge in [-0.2, -0.15) is 0 Å². The summed E-state index contributed by atoms with van der Waals surface area (Å²) in [5.74, 6) is -3.59. The second-order valence-corrected chi connectivity index (χ2v) is 8.55. The Bertz CT molecular complexity index is 1460. The van der Waals surface area contributed by atoms with Crippen molar-refractivity contribution in [3.8, 4) is 0 Å². The Morgan fingerprint density at radius 1 is 1.25 bits per heavy atom. The van der Waals surface area contributed by atoms with Gasteiger partial charge in [0.05, 0.1) is 14.0 Å². The lowest BCUT2D eigenvalue weighted by atomic mass is 9.75. The van der Waals surface area contributed by atoms with E-state index in [1.807, 2.05) is 0 Å². The molecule has 1 aliphatic rings. The molecule has 1 aliphatic heterocycles. The van der Waals surface area contributed by atoms with Crippen LogP contribution >= 0.6 is 0 Å². The van der Waals surface area contributed by atoms with Crippen molar-refractivity contribution in [1.82, 2.24) is 4.90 Å². The molecule has 0 fully saturated rings. The number of hydrogen-bond donors (Lipinski definition) is 0. The van der Waals surface area contributed by atoms with Crippen LogP contribution in [0, 0.1) is 46.0 Å². The third-order valence-electron chi connectivity index (χ3n) is 6.11. The van der Waals surface area contributed by atoms with Gasteiger partial charge in [0.15, 0.2) is 5.69 Å². The highest BCUT2D eigenvalue weighted by atomic mass is 19.1. The average molecular weight is 447 g/mol. The molecule has 2 unspecified atom stereocenters. The van der Waals surface area contributed by atoms with E-state index in [0.717, 1.165) is 26.8 Å². The van der Waals surface area contributed by atoms with Crippen LogP contribution in [0.15, 0.2) is 18.2 Å². The van der Waals surface area contributed by atoms with E-state index in [4.69, 9.17) is 20.9 Å². The van der Waals surface area contributed by atoms with E-state index in [2.05, 4.69) is 4.85 Å². The number of ether oxygens (including phenoxy) is 1. The van der Waals surface area contributed by atoms with Crippen molar-refractivity contribution in [2.24, 2.45) is 5.89 Å². The molecule has 3 nitrogen and oxygen atoms in total. The smallest absolute Gasteiger partial charge is 0.193 e. The Kier molecular flexibility index (Phi) is 3.96. The molecule has 0 aliphatic carbocycles. The molecule has 3 rings (SSSR count). The molecular formula is C28H37FN2O. The predicted molar refractivity (Wildman–Crippen MR) is 130 cm³/mol. The van der Waals surface area contributed by atoms with E-state index in [1.54, 1.807) is 13.8 Å². The SMILES string of the molecule is [2H]c1c(C)c([N+]#[C-])c(C)c2c1[C@@](c1ccc(F)c(C)c1C)(C([2H])([2H])C([2H])(C)C([2H])([2H])N(C([2H])([2H])[2H])C([2H])(C)C)OC2C. The summed E-state index contributed by atoms with van der Waals surface area (Å²) in [7, 11) is 0. The zero-order valence-corrected chi connectivity index (χ0v) is 19.9. The molecule has 0 saturated heterocycles. The van der Waals surface area contributed by atoms with Gasteiger partial charge in [0.1, 0.15) is 11.4 Å². The van der Waals surface area contributed by atoms with Crippen LogP contribution in [0.1, 0.15) is 92.8 Å². The first-order valence-corrected chi connectivity index (χ1v) is 10.5. The van der Waals surface area contributed by atoms with Gasteiger partial charge in [-0.25, -0.2) is 9.24 Å². The molecule has 2 aromatic rings. The minimum atomic E-state index is -3.33. The molecule has 4 heteroatoms. The van der Waals surface area contributed by atoms with Gasteiger partial charge in [0.25, 0.3) is 0 Å². The lowest BCUT2D eigenvalue weighted by Gasteiger charge is -2.37. The van der Waals surface area contributed by atoms with Gasteiger partial charge in [-0.1, -0.05) is 19.0 Å². The Balaban J connectivity index is 2.61. The van der Waals surface area contributed by atoms with Crippen LogP contribution in [-0.4, -0.2) is 24.4 Å². The zero-order valence-electron chi connectivity index (χ0n) is 29.9. The molecule has 2 aromatic carbocycles.